The van der Waals surface area contributed by atoms with Crippen LogP contribution in [0.4, 0.5) is 0 Å². The van der Waals surface area contributed by atoms with Crippen molar-refractivity contribution >= 4 is 5.96 Å². The number of aliphatic imine (C=N–C) groups is 1. The van der Waals surface area contributed by atoms with Gasteiger partial charge < -0.3 is 19.6 Å². The van der Waals surface area contributed by atoms with Crippen molar-refractivity contribution < 1.29 is 4.42 Å². The smallest absolute Gasteiger partial charge is 0.191 e. The Balaban J connectivity index is 1.60. The molecule has 2 N–H and O–H groups in total. The molecule has 3 rings (SSSR count). The van der Waals surface area contributed by atoms with Crippen LogP contribution >= 0.6 is 0 Å². The first-order chi connectivity index (χ1) is 10.4. The lowest BCUT2D eigenvalue weighted by Crippen LogP contribution is -2.37. The third-order valence-electron chi connectivity index (χ3n) is 3.44. The van der Waals surface area contributed by atoms with Gasteiger partial charge in [-0.1, -0.05) is 0 Å². The number of fused-ring (bicyclic) bond motifs is 1. The lowest BCUT2D eigenvalue weighted by molar-refractivity contribution is 0.564. The van der Waals surface area contributed by atoms with Gasteiger partial charge in [0.15, 0.2) is 11.8 Å². The number of rotatable bonds is 5. The van der Waals surface area contributed by atoms with E-state index in [0.29, 0.717) is 13.1 Å². The minimum Gasteiger partial charge on any atom is -0.472 e. The fraction of sp³-hybridized carbons (Fsp3) is 0.500. The largest absolute Gasteiger partial charge is 0.472 e. The molecule has 2 aromatic rings. The fourth-order valence-electron chi connectivity index (χ4n) is 2.40. The maximum Gasteiger partial charge on any atom is 0.191 e. The van der Waals surface area contributed by atoms with Crippen LogP contribution in [-0.4, -0.2) is 27.3 Å². The molecule has 0 fully saturated rings. The van der Waals surface area contributed by atoms with Crippen molar-refractivity contribution in [3.63, 3.8) is 0 Å². The highest BCUT2D eigenvalue weighted by Crippen LogP contribution is 2.13. The van der Waals surface area contributed by atoms with Crippen LogP contribution < -0.4 is 10.6 Å². The summed E-state index contributed by atoms with van der Waals surface area (Å²) in [6.07, 6.45) is 5.55. The van der Waals surface area contributed by atoms with E-state index >= 15 is 0 Å². The van der Waals surface area contributed by atoms with E-state index in [-0.39, 0.29) is 0 Å². The Kier molecular flexibility index (Phi) is 4.18. The zero-order valence-electron chi connectivity index (χ0n) is 12.2. The van der Waals surface area contributed by atoms with Crippen molar-refractivity contribution in [1.82, 2.24) is 25.4 Å². The van der Waals surface area contributed by atoms with Gasteiger partial charge in [0.1, 0.15) is 5.82 Å². The van der Waals surface area contributed by atoms with E-state index in [1.54, 1.807) is 12.5 Å². The molecule has 0 saturated carbocycles. The summed E-state index contributed by atoms with van der Waals surface area (Å²) < 4.78 is 7.23. The molecule has 1 aliphatic heterocycles. The van der Waals surface area contributed by atoms with E-state index in [1.807, 2.05) is 13.0 Å². The molecule has 2 aromatic heterocycles. The lowest BCUT2D eigenvalue weighted by atomic mass is 10.3. The van der Waals surface area contributed by atoms with Crippen LogP contribution in [0.15, 0.2) is 28.0 Å². The molecule has 21 heavy (non-hydrogen) atoms. The molecular weight excluding hydrogens is 268 g/mol. The number of nitrogens with one attached hydrogen (secondary N) is 2. The molecule has 0 aliphatic carbocycles. The summed E-state index contributed by atoms with van der Waals surface area (Å²) in [5, 5.41) is 15.0. The number of aryl methyl sites for hydroxylation is 1. The zero-order valence-corrected chi connectivity index (χ0v) is 12.2. The standard InChI is InChI=1S/C14H20N6O/c1-2-15-14(16-8-11-5-7-21-10-11)17-9-13-19-18-12-4-3-6-20(12)13/h5,7,10H,2-4,6,8-9H2,1H3,(H2,15,16,17). The van der Waals surface area contributed by atoms with Crippen molar-refractivity contribution in [3.05, 3.63) is 35.8 Å². The number of hydrogen-bond acceptors (Lipinski definition) is 4. The molecule has 0 bridgehead atoms. The van der Waals surface area contributed by atoms with Gasteiger partial charge in [0.25, 0.3) is 0 Å². The Labute approximate surface area is 123 Å². The first-order valence-corrected chi connectivity index (χ1v) is 7.31. The summed E-state index contributed by atoms with van der Waals surface area (Å²) in [5.74, 6) is 2.83. The highest BCUT2D eigenvalue weighted by molar-refractivity contribution is 5.79. The van der Waals surface area contributed by atoms with E-state index in [9.17, 15) is 0 Å². The summed E-state index contributed by atoms with van der Waals surface area (Å²) in [6.45, 7) is 5.09. The Morgan fingerprint density at radius 2 is 2.38 bits per heavy atom. The normalized spacial score (nSPS) is 14.2. The minimum absolute atomic E-state index is 0.587. The van der Waals surface area contributed by atoms with E-state index in [4.69, 9.17) is 4.42 Å². The topological polar surface area (TPSA) is 80.3 Å². The molecule has 1 aliphatic rings. The van der Waals surface area contributed by atoms with Crippen molar-refractivity contribution in [2.45, 2.75) is 39.4 Å². The Bertz CT molecular complexity index is 601. The number of guanidine groups is 1. The maximum atomic E-state index is 5.04. The van der Waals surface area contributed by atoms with Gasteiger partial charge >= 0.3 is 0 Å². The van der Waals surface area contributed by atoms with E-state index in [2.05, 4.69) is 30.4 Å². The summed E-state index contributed by atoms with van der Waals surface area (Å²) in [4.78, 5) is 4.53. The average molecular weight is 288 g/mol. The van der Waals surface area contributed by atoms with Gasteiger partial charge in [0.2, 0.25) is 0 Å². The molecule has 0 aromatic carbocycles. The summed E-state index contributed by atoms with van der Waals surface area (Å²) >= 11 is 0. The molecule has 0 atom stereocenters. The molecule has 112 valence electrons. The Hall–Kier alpha value is -2.31. The van der Waals surface area contributed by atoms with Gasteiger partial charge in [-0.25, -0.2) is 4.99 Å². The van der Waals surface area contributed by atoms with Gasteiger partial charge in [0.05, 0.1) is 25.6 Å². The molecule has 7 nitrogen and oxygen atoms in total. The second kappa shape index (κ2) is 6.43. The van der Waals surface area contributed by atoms with Crippen molar-refractivity contribution in [2.24, 2.45) is 4.99 Å². The highest BCUT2D eigenvalue weighted by atomic mass is 16.3. The molecule has 0 radical (unpaired) electrons. The van der Waals surface area contributed by atoms with Crippen LogP contribution in [0.2, 0.25) is 0 Å². The third-order valence-corrected chi connectivity index (χ3v) is 3.44. The molecule has 7 heteroatoms. The first kappa shape index (κ1) is 13.7. The second-order valence-corrected chi connectivity index (χ2v) is 4.97. The molecule has 0 amide bonds. The second-order valence-electron chi connectivity index (χ2n) is 4.97. The predicted molar refractivity (Wildman–Crippen MR) is 78.7 cm³/mol. The SMILES string of the molecule is CCNC(=NCc1ccoc1)NCc1nnc2n1CCC2. The van der Waals surface area contributed by atoms with Crippen LogP contribution in [0.5, 0.6) is 0 Å². The van der Waals surface area contributed by atoms with Gasteiger partial charge in [-0.3, -0.25) is 0 Å². The minimum atomic E-state index is 0.587. The monoisotopic (exact) mass is 288 g/mol. The molecule has 0 unspecified atom stereocenters. The van der Waals surface area contributed by atoms with Gasteiger partial charge in [-0.15, -0.1) is 10.2 Å². The van der Waals surface area contributed by atoms with Gasteiger partial charge in [-0.2, -0.15) is 0 Å². The molecular formula is C14H20N6O. The first-order valence-electron chi connectivity index (χ1n) is 7.31. The van der Waals surface area contributed by atoms with E-state index in [0.717, 1.165) is 49.1 Å². The van der Waals surface area contributed by atoms with E-state index in [1.165, 1.54) is 0 Å². The highest BCUT2D eigenvalue weighted by Gasteiger charge is 2.16. The lowest BCUT2D eigenvalue weighted by Gasteiger charge is -2.11. The zero-order chi connectivity index (χ0) is 14.5. The number of aromatic nitrogens is 3. The van der Waals surface area contributed by atoms with Gasteiger partial charge in [0, 0.05) is 25.1 Å². The van der Waals surface area contributed by atoms with Crippen molar-refractivity contribution in [1.29, 1.82) is 0 Å². The number of nitrogens with zero attached hydrogens (tertiary/aromatic N) is 4. The quantitative estimate of drug-likeness (QED) is 0.635. The summed E-state index contributed by atoms with van der Waals surface area (Å²) in [7, 11) is 0. The molecule has 0 saturated heterocycles. The van der Waals surface area contributed by atoms with Crippen LogP contribution in [0.25, 0.3) is 0 Å². The summed E-state index contributed by atoms with van der Waals surface area (Å²) in [6, 6.07) is 1.92. The average Bonchev–Trinajstić information content (AvgIpc) is 3.19. The van der Waals surface area contributed by atoms with E-state index < -0.39 is 0 Å². The predicted octanol–water partition coefficient (Wildman–Crippen LogP) is 1.07. The maximum absolute atomic E-state index is 5.04. The van der Waals surface area contributed by atoms with Crippen molar-refractivity contribution in [3.8, 4) is 0 Å². The van der Waals surface area contributed by atoms with Crippen LogP contribution in [0.1, 0.15) is 30.6 Å². The summed E-state index contributed by atoms with van der Waals surface area (Å²) in [5.41, 5.74) is 1.05. The van der Waals surface area contributed by atoms with Crippen LogP contribution in [-0.2, 0) is 26.1 Å². The Morgan fingerprint density at radius 1 is 1.43 bits per heavy atom. The molecule has 0 spiro atoms. The third kappa shape index (κ3) is 3.24. The number of hydrogen-bond donors (Lipinski definition) is 2. The van der Waals surface area contributed by atoms with Crippen LogP contribution in [0, 0.1) is 0 Å². The Morgan fingerprint density at radius 3 is 3.19 bits per heavy atom. The van der Waals surface area contributed by atoms with Gasteiger partial charge in [-0.05, 0) is 19.4 Å². The fourth-order valence-corrected chi connectivity index (χ4v) is 2.40. The van der Waals surface area contributed by atoms with Crippen LogP contribution in [0.3, 0.4) is 0 Å². The number of furan rings is 1. The molecule has 3 heterocycles. The van der Waals surface area contributed by atoms with Crippen molar-refractivity contribution in [2.75, 3.05) is 6.54 Å².